The van der Waals surface area contributed by atoms with Gasteiger partial charge >= 0.3 is 11.7 Å². The van der Waals surface area contributed by atoms with Gasteiger partial charge in [-0.1, -0.05) is 17.3 Å². The summed E-state index contributed by atoms with van der Waals surface area (Å²) in [5, 5.41) is 15.3. The van der Waals surface area contributed by atoms with E-state index in [0.717, 1.165) is 12.8 Å². The average Bonchev–Trinajstić information content (AvgIpc) is 2.61. The highest BCUT2D eigenvalue weighted by Crippen LogP contribution is 2.38. The summed E-state index contributed by atoms with van der Waals surface area (Å²) in [4.78, 5) is 27.6. The summed E-state index contributed by atoms with van der Waals surface area (Å²) in [7, 11) is 0. The van der Waals surface area contributed by atoms with Gasteiger partial charge in [0.25, 0.3) is 0 Å². The van der Waals surface area contributed by atoms with Crippen LogP contribution in [0, 0.1) is 10.1 Å². The molecule has 1 aromatic rings. The van der Waals surface area contributed by atoms with Crippen molar-refractivity contribution in [3.8, 4) is 5.75 Å². The maximum atomic E-state index is 12.0. The van der Waals surface area contributed by atoms with E-state index in [1.807, 2.05) is 0 Å². The van der Waals surface area contributed by atoms with Crippen molar-refractivity contribution in [2.24, 2.45) is 5.11 Å². The number of esters is 1. The van der Waals surface area contributed by atoms with Crippen molar-refractivity contribution in [3.05, 3.63) is 50.4 Å². The lowest BCUT2D eigenvalue weighted by molar-refractivity contribution is -0.384. The number of carbonyl (C=O) groups is 1. The van der Waals surface area contributed by atoms with Gasteiger partial charge < -0.3 is 9.64 Å². The number of azide groups is 1. The molecule has 0 saturated carbocycles. The lowest BCUT2D eigenvalue weighted by atomic mass is 10.1. The van der Waals surface area contributed by atoms with E-state index in [9.17, 15) is 14.9 Å². The van der Waals surface area contributed by atoms with Gasteiger partial charge in [-0.15, -0.1) is 0 Å². The second-order valence-corrected chi connectivity index (χ2v) is 5.69. The summed E-state index contributed by atoms with van der Waals surface area (Å²) in [6.07, 6.45) is 3.07. The Morgan fingerprint density at radius 1 is 1.56 bits per heavy atom. The fourth-order valence-corrected chi connectivity index (χ4v) is 2.67. The van der Waals surface area contributed by atoms with Gasteiger partial charge in [0.2, 0.25) is 5.75 Å². The van der Waals surface area contributed by atoms with Crippen LogP contribution in [0.2, 0.25) is 0 Å². The fourth-order valence-electron chi connectivity index (χ4n) is 2.67. The molecule has 0 bridgehead atoms. The van der Waals surface area contributed by atoms with Gasteiger partial charge in [-0.05, 0) is 44.4 Å². The Hall–Kier alpha value is -3.06. The number of hydrogen-bond donors (Lipinski definition) is 0. The number of hydrogen-bond acceptors (Lipinski definition) is 6. The number of nitrogens with zero attached hydrogens (tertiary/aromatic N) is 5. The predicted molar refractivity (Wildman–Crippen MR) is 92.5 cm³/mol. The second-order valence-electron chi connectivity index (χ2n) is 5.69. The summed E-state index contributed by atoms with van der Waals surface area (Å²) in [5.41, 5.74) is 9.06. The van der Waals surface area contributed by atoms with Crippen molar-refractivity contribution in [1.82, 2.24) is 0 Å². The maximum absolute atomic E-state index is 12.0. The Morgan fingerprint density at radius 2 is 2.32 bits per heavy atom. The van der Waals surface area contributed by atoms with Gasteiger partial charge in [-0.25, -0.2) is 4.79 Å². The quantitative estimate of drug-likeness (QED) is 0.118. The van der Waals surface area contributed by atoms with Crippen LogP contribution < -0.4 is 9.64 Å². The van der Waals surface area contributed by atoms with Crippen LogP contribution in [0.25, 0.3) is 10.4 Å². The highest BCUT2D eigenvalue weighted by molar-refractivity contribution is 5.90. The molecule has 1 aliphatic heterocycles. The topological polar surface area (TPSA) is 121 Å². The van der Waals surface area contributed by atoms with E-state index >= 15 is 0 Å². The highest BCUT2D eigenvalue weighted by atomic mass is 16.6. The molecule has 1 atom stereocenters. The van der Waals surface area contributed by atoms with Crippen LogP contribution in [0.3, 0.4) is 0 Å². The molecule has 0 spiro atoms. The highest BCUT2D eigenvalue weighted by Gasteiger charge is 2.29. The standard InChI is InChI=1S/C16H19N5O4/c1-3-11(2)16(22)25-14-8-4-7-13(15(14)21(23)24)20-9-5-6-12(10-20)18-19-17/h3-4,7-8,12H,5-6,9-10H2,1-2H3/t12-/m1/s1. The van der Waals surface area contributed by atoms with Crippen LogP contribution in [0.15, 0.2) is 35.0 Å². The molecule has 1 fully saturated rings. The molecule has 0 radical (unpaired) electrons. The average molecular weight is 345 g/mol. The number of nitro benzene ring substituents is 1. The zero-order valence-electron chi connectivity index (χ0n) is 14.1. The molecule has 9 heteroatoms. The number of ether oxygens (including phenoxy) is 1. The third-order valence-corrected chi connectivity index (χ3v) is 4.07. The summed E-state index contributed by atoms with van der Waals surface area (Å²) < 4.78 is 5.21. The van der Waals surface area contributed by atoms with Crippen LogP contribution in [-0.4, -0.2) is 30.0 Å². The van der Waals surface area contributed by atoms with Crippen LogP contribution in [-0.2, 0) is 4.79 Å². The Balaban J connectivity index is 2.38. The number of nitro groups is 1. The first kappa shape index (κ1) is 18.3. The lowest BCUT2D eigenvalue weighted by Gasteiger charge is -2.32. The first-order valence-corrected chi connectivity index (χ1v) is 7.89. The Bertz CT molecular complexity index is 755. The third kappa shape index (κ3) is 4.27. The van der Waals surface area contributed by atoms with Gasteiger partial charge in [0.1, 0.15) is 5.69 Å². The Labute approximate surface area is 144 Å². The molecule has 2 rings (SSSR count). The Morgan fingerprint density at radius 3 is 2.96 bits per heavy atom. The monoisotopic (exact) mass is 345 g/mol. The molecule has 0 amide bonds. The van der Waals surface area contributed by atoms with Gasteiger partial charge in [0.15, 0.2) is 0 Å². The van der Waals surface area contributed by atoms with E-state index < -0.39 is 10.9 Å². The van der Waals surface area contributed by atoms with Crippen molar-refractivity contribution >= 4 is 17.3 Å². The van der Waals surface area contributed by atoms with Crippen LogP contribution in [0.1, 0.15) is 26.7 Å². The SMILES string of the molecule is CC=C(C)C(=O)Oc1cccc(N2CCC[C@@H](N=[N+]=[N-])C2)c1[N+](=O)[O-]. The largest absolute Gasteiger partial charge is 0.416 e. The predicted octanol–water partition coefficient (Wildman–Crippen LogP) is 3.75. The van der Waals surface area contributed by atoms with Gasteiger partial charge in [0, 0.05) is 23.6 Å². The number of para-hydroxylation sites is 1. The number of anilines is 1. The molecule has 0 unspecified atom stereocenters. The van der Waals surface area contributed by atoms with E-state index in [0.29, 0.717) is 24.4 Å². The number of benzene rings is 1. The van der Waals surface area contributed by atoms with E-state index in [4.69, 9.17) is 10.3 Å². The molecule has 0 aromatic heterocycles. The fraction of sp³-hybridized carbons (Fsp3) is 0.438. The number of rotatable bonds is 5. The van der Waals surface area contributed by atoms with Crippen LogP contribution >= 0.6 is 0 Å². The zero-order valence-corrected chi connectivity index (χ0v) is 14.1. The van der Waals surface area contributed by atoms with Crippen molar-refractivity contribution in [3.63, 3.8) is 0 Å². The normalized spacial score (nSPS) is 17.6. The third-order valence-electron chi connectivity index (χ3n) is 4.07. The van der Waals surface area contributed by atoms with E-state index in [1.54, 1.807) is 37.0 Å². The Kier molecular flexibility index (Phi) is 5.97. The lowest BCUT2D eigenvalue weighted by Crippen LogP contribution is -2.37. The zero-order chi connectivity index (χ0) is 18.4. The van der Waals surface area contributed by atoms with E-state index in [2.05, 4.69) is 10.0 Å². The summed E-state index contributed by atoms with van der Waals surface area (Å²) >= 11 is 0. The van der Waals surface area contributed by atoms with E-state index in [1.165, 1.54) is 6.07 Å². The van der Waals surface area contributed by atoms with Gasteiger partial charge in [-0.3, -0.25) is 10.1 Å². The minimum Gasteiger partial charge on any atom is -0.416 e. The maximum Gasteiger partial charge on any atom is 0.339 e. The molecular formula is C16H19N5O4. The molecule has 0 aliphatic carbocycles. The molecule has 132 valence electrons. The van der Waals surface area contributed by atoms with E-state index in [-0.39, 0.29) is 17.5 Å². The molecule has 1 aliphatic rings. The molecule has 9 nitrogen and oxygen atoms in total. The van der Waals surface area contributed by atoms with Crippen molar-refractivity contribution < 1.29 is 14.5 Å². The van der Waals surface area contributed by atoms with Crippen molar-refractivity contribution in [2.45, 2.75) is 32.7 Å². The van der Waals surface area contributed by atoms with Gasteiger partial charge in [0.05, 0.1) is 11.0 Å². The minimum absolute atomic E-state index is 0.0976. The summed E-state index contributed by atoms with van der Waals surface area (Å²) in [6, 6.07) is 4.37. The molecule has 25 heavy (non-hydrogen) atoms. The van der Waals surface area contributed by atoms with Crippen LogP contribution in [0.4, 0.5) is 11.4 Å². The number of carbonyl (C=O) groups excluding carboxylic acids is 1. The molecule has 0 N–H and O–H groups in total. The van der Waals surface area contributed by atoms with Crippen molar-refractivity contribution in [2.75, 3.05) is 18.0 Å². The van der Waals surface area contributed by atoms with Crippen LogP contribution in [0.5, 0.6) is 5.75 Å². The van der Waals surface area contributed by atoms with Gasteiger partial charge in [-0.2, -0.15) is 0 Å². The minimum atomic E-state index is -0.631. The molecular weight excluding hydrogens is 326 g/mol. The first-order chi connectivity index (χ1) is 12.0. The molecule has 1 aromatic carbocycles. The summed E-state index contributed by atoms with van der Waals surface area (Å²) in [6.45, 7) is 4.25. The number of piperidine rings is 1. The second kappa shape index (κ2) is 8.16. The van der Waals surface area contributed by atoms with Crippen molar-refractivity contribution in [1.29, 1.82) is 0 Å². The summed E-state index contributed by atoms with van der Waals surface area (Å²) in [5.74, 6) is -0.729. The molecule has 1 heterocycles. The molecule has 1 saturated heterocycles. The number of allylic oxidation sites excluding steroid dienone is 1. The smallest absolute Gasteiger partial charge is 0.339 e. The first-order valence-electron chi connectivity index (χ1n) is 7.89.